The maximum absolute atomic E-state index is 12.0. The highest BCUT2D eigenvalue weighted by atomic mass is 16.4. The van der Waals surface area contributed by atoms with Crippen molar-refractivity contribution in [2.45, 2.75) is 57.8 Å². The SMILES string of the molecule is O=C(O)/C1=C(\C2=CCCCCCC2)CCC(C(=O)O)C(C(=O)O)CC1C(=O)O. The molecule has 2 aliphatic rings. The van der Waals surface area contributed by atoms with Crippen LogP contribution in [0.3, 0.4) is 0 Å². The lowest BCUT2D eigenvalue weighted by molar-refractivity contribution is -0.156. The normalized spacial score (nSPS) is 29.4. The van der Waals surface area contributed by atoms with Crippen molar-refractivity contribution in [2.75, 3.05) is 0 Å². The average molecular weight is 394 g/mol. The van der Waals surface area contributed by atoms with E-state index >= 15 is 0 Å². The second-order valence-corrected chi connectivity index (χ2v) is 7.43. The van der Waals surface area contributed by atoms with Crippen LogP contribution in [-0.2, 0) is 19.2 Å². The smallest absolute Gasteiger partial charge is 0.332 e. The minimum absolute atomic E-state index is 0.0396. The number of hydrogen-bond donors (Lipinski definition) is 4. The van der Waals surface area contributed by atoms with Crippen LogP contribution in [0.2, 0.25) is 0 Å². The highest BCUT2D eigenvalue weighted by molar-refractivity contribution is 5.96. The number of carbonyl (C=O) groups is 4. The van der Waals surface area contributed by atoms with Crippen molar-refractivity contribution in [2.24, 2.45) is 17.8 Å². The van der Waals surface area contributed by atoms with Crippen molar-refractivity contribution in [3.63, 3.8) is 0 Å². The van der Waals surface area contributed by atoms with Crippen LogP contribution in [-0.4, -0.2) is 44.3 Å². The highest BCUT2D eigenvalue weighted by Crippen LogP contribution is 2.39. The van der Waals surface area contributed by atoms with E-state index in [0.717, 1.165) is 37.7 Å². The number of carboxylic acids is 4. The first-order chi connectivity index (χ1) is 13.2. The summed E-state index contributed by atoms with van der Waals surface area (Å²) in [5.41, 5.74) is 0.840. The van der Waals surface area contributed by atoms with Crippen molar-refractivity contribution in [3.8, 4) is 0 Å². The molecule has 0 fully saturated rings. The Morgan fingerprint density at radius 1 is 0.786 bits per heavy atom. The van der Waals surface area contributed by atoms with Crippen LogP contribution in [0.15, 0.2) is 22.8 Å². The molecule has 0 aromatic carbocycles. The van der Waals surface area contributed by atoms with Gasteiger partial charge in [0.15, 0.2) is 0 Å². The number of aliphatic carboxylic acids is 4. The second-order valence-electron chi connectivity index (χ2n) is 7.43. The van der Waals surface area contributed by atoms with Gasteiger partial charge in [0.2, 0.25) is 0 Å². The molecule has 4 N–H and O–H groups in total. The van der Waals surface area contributed by atoms with Crippen molar-refractivity contribution >= 4 is 23.9 Å². The van der Waals surface area contributed by atoms with Gasteiger partial charge in [0.25, 0.3) is 0 Å². The fraction of sp³-hybridized carbons (Fsp3) is 0.600. The van der Waals surface area contributed by atoms with Crippen molar-refractivity contribution < 1.29 is 39.6 Å². The molecule has 2 aliphatic carbocycles. The summed E-state index contributed by atoms with van der Waals surface area (Å²) in [5, 5.41) is 38.4. The van der Waals surface area contributed by atoms with Gasteiger partial charge < -0.3 is 20.4 Å². The Hall–Kier alpha value is -2.64. The number of allylic oxidation sites excluding steroid dienone is 3. The zero-order valence-electron chi connectivity index (χ0n) is 15.6. The monoisotopic (exact) mass is 394 g/mol. The summed E-state index contributed by atoms with van der Waals surface area (Å²) in [6.45, 7) is 0. The third-order valence-electron chi connectivity index (χ3n) is 5.70. The zero-order chi connectivity index (χ0) is 20.8. The molecule has 0 radical (unpaired) electrons. The highest BCUT2D eigenvalue weighted by Gasteiger charge is 2.42. The molecule has 0 spiro atoms. The fourth-order valence-electron chi connectivity index (χ4n) is 4.25. The molecule has 0 saturated carbocycles. The lowest BCUT2D eigenvalue weighted by Crippen LogP contribution is -2.37. The van der Waals surface area contributed by atoms with E-state index in [9.17, 15) is 39.6 Å². The van der Waals surface area contributed by atoms with E-state index in [1.54, 1.807) is 0 Å². The van der Waals surface area contributed by atoms with Gasteiger partial charge in [-0.25, -0.2) is 4.79 Å². The topological polar surface area (TPSA) is 149 Å². The minimum Gasteiger partial charge on any atom is -0.481 e. The predicted octanol–water partition coefficient (Wildman–Crippen LogP) is 2.93. The summed E-state index contributed by atoms with van der Waals surface area (Å²) in [5.74, 6) is -9.85. The van der Waals surface area contributed by atoms with Gasteiger partial charge in [0.1, 0.15) is 0 Å². The van der Waals surface area contributed by atoms with Crippen LogP contribution in [0.25, 0.3) is 0 Å². The van der Waals surface area contributed by atoms with E-state index in [0.29, 0.717) is 12.0 Å². The molecule has 0 bridgehead atoms. The quantitative estimate of drug-likeness (QED) is 0.556. The molecular formula is C20H26O8. The van der Waals surface area contributed by atoms with Gasteiger partial charge in [0.05, 0.1) is 23.3 Å². The lowest BCUT2D eigenvalue weighted by Gasteiger charge is -2.29. The van der Waals surface area contributed by atoms with Crippen molar-refractivity contribution in [3.05, 3.63) is 22.8 Å². The van der Waals surface area contributed by atoms with Gasteiger partial charge in [0, 0.05) is 0 Å². The maximum atomic E-state index is 12.0. The summed E-state index contributed by atoms with van der Waals surface area (Å²) in [7, 11) is 0. The van der Waals surface area contributed by atoms with Crippen LogP contribution < -0.4 is 0 Å². The average Bonchev–Trinajstić information content (AvgIpc) is 2.54. The standard InChI is InChI=1S/C20H26O8/c21-17(22)13-9-8-12(11-6-4-2-1-3-5-7-11)16(20(27)28)15(19(25)26)10-14(13)18(23)24/h6,13-15H,1-5,7-10H2,(H,21,22)(H,23,24)(H,25,26)(H,27,28)/b11-6?,16-12-. The Balaban J connectivity index is 2.61. The minimum atomic E-state index is -1.57. The Labute approximate surface area is 162 Å². The molecule has 8 heteroatoms. The molecule has 3 atom stereocenters. The van der Waals surface area contributed by atoms with Crippen LogP contribution in [0.4, 0.5) is 0 Å². The van der Waals surface area contributed by atoms with Crippen molar-refractivity contribution in [1.82, 2.24) is 0 Å². The van der Waals surface area contributed by atoms with Gasteiger partial charge in [-0.2, -0.15) is 0 Å². The second kappa shape index (κ2) is 9.52. The first-order valence-electron chi connectivity index (χ1n) is 9.58. The molecular weight excluding hydrogens is 368 g/mol. The van der Waals surface area contributed by atoms with Crippen LogP contribution in [0.1, 0.15) is 57.8 Å². The van der Waals surface area contributed by atoms with Gasteiger partial charge >= 0.3 is 23.9 Å². The van der Waals surface area contributed by atoms with E-state index in [1.165, 1.54) is 0 Å². The molecule has 154 valence electrons. The molecule has 0 aliphatic heterocycles. The Bertz CT molecular complexity index is 718. The van der Waals surface area contributed by atoms with E-state index < -0.39 is 48.1 Å². The number of hydrogen-bond acceptors (Lipinski definition) is 4. The lowest BCUT2D eigenvalue weighted by atomic mass is 9.73. The third-order valence-corrected chi connectivity index (χ3v) is 5.70. The molecule has 0 aromatic heterocycles. The molecule has 2 rings (SSSR count). The molecule has 0 aromatic rings. The summed E-state index contributed by atoms with van der Waals surface area (Å²) in [6.07, 6.45) is 6.62. The predicted molar refractivity (Wildman–Crippen MR) is 97.7 cm³/mol. The molecule has 28 heavy (non-hydrogen) atoms. The van der Waals surface area contributed by atoms with Gasteiger partial charge in [-0.15, -0.1) is 0 Å². The van der Waals surface area contributed by atoms with E-state index in [4.69, 9.17) is 0 Å². The molecule has 3 unspecified atom stereocenters. The van der Waals surface area contributed by atoms with Gasteiger partial charge in [-0.3, -0.25) is 14.4 Å². The number of carboxylic acid groups (broad SMARTS) is 4. The summed E-state index contributed by atoms with van der Waals surface area (Å²) in [6, 6.07) is 0. The van der Waals surface area contributed by atoms with E-state index in [-0.39, 0.29) is 18.4 Å². The molecule has 0 heterocycles. The van der Waals surface area contributed by atoms with E-state index in [1.807, 2.05) is 6.08 Å². The Morgan fingerprint density at radius 2 is 1.43 bits per heavy atom. The van der Waals surface area contributed by atoms with Crippen molar-refractivity contribution in [1.29, 1.82) is 0 Å². The van der Waals surface area contributed by atoms with E-state index in [2.05, 4.69) is 0 Å². The Kier molecular flexibility index (Phi) is 7.37. The third kappa shape index (κ3) is 4.99. The van der Waals surface area contributed by atoms with Crippen LogP contribution >= 0.6 is 0 Å². The fourth-order valence-corrected chi connectivity index (χ4v) is 4.25. The summed E-state index contributed by atoms with van der Waals surface area (Å²) >= 11 is 0. The number of rotatable bonds is 5. The first kappa shape index (κ1) is 21.7. The molecule has 0 saturated heterocycles. The summed E-state index contributed by atoms with van der Waals surface area (Å²) in [4.78, 5) is 47.2. The molecule has 0 amide bonds. The summed E-state index contributed by atoms with van der Waals surface area (Å²) < 4.78 is 0. The van der Waals surface area contributed by atoms with Crippen LogP contribution in [0, 0.1) is 17.8 Å². The molecule has 8 nitrogen and oxygen atoms in total. The maximum Gasteiger partial charge on any atom is 0.332 e. The van der Waals surface area contributed by atoms with Gasteiger partial charge in [-0.1, -0.05) is 18.9 Å². The first-order valence-corrected chi connectivity index (χ1v) is 9.58. The Morgan fingerprint density at radius 3 is 2.00 bits per heavy atom. The van der Waals surface area contributed by atoms with Crippen LogP contribution in [0.5, 0.6) is 0 Å². The zero-order valence-corrected chi connectivity index (χ0v) is 15.6. The largest absolute Gasteiger partial charge is 0.481 e. The van der Waals surface area contributed by atoms with Gasteiger partial charge in [-0.05, 0) is 56.1 Å².